The van der Waals surface area contributed by atoms with Gasteiger partial charge in [0, 0.05) is 18.8 Å². The Labute approximate surface area is 107 Å². The Balaban J connectivity index is 2.53. The molecular weight excluding hydrogens is 226 g/mol. The van der Waals surface area contributed by atoms with Crippen LogP contribution >= 0.6 is 0 Å². The number of nitrogens with one attached hydrogen (secondary N) is 1. The smallest absolute Gasteiger partial charge is 0.222 e. The number of rotatable bonds is 4. The molecule has 18 heavy (non-hydrogen) atoms. The van der Waals surface area contributed by atoms with Crippen LogP contribution in [0.1, 0.15) is 12.5 Å². The number of ether oxygens (including phenoxy) is 1. The molecule has 0 bridgehead atoms. The van der Waals surface area contributed by atoms with Gasteiger partial charge < -0.3 is 10.1 Å². The number of benzene rings is 1. The number of methoxy groups -OCH3 is 1. The molecule has 0 aliphatic rings. The van der Waals surface area contributed by atoms with Gasteiger partial charge in [0.15, 0.2) is 0 Å². The first-order chi connectivity index (χ1) is 8.78. The molecule has 0 saturated heterocycles. The highest BCUT2D eigenvalue weighted by atomic mass is 16.5. The zero-order valence-electron chi connectivity index (χ0n) is 10.9. The second-order valence-electron chi connectivity index (χ2n) is 3.90. The van der Waals surface area contributed by atoms with E-state index >= 15 is 0 Å². The number of hydrogen-bond acceptors (Lipinski definition) is 4. The van der Waals surface area contributed by atoms with Gasteiger partial charge in [-0.2, -0.15) is 0 Å². The van der Waals surface area contributed by atoms with Crippen molar-refractivity contribution >= 4 is 5.95 Å². The lowest BCUT2D eigenvalue weighted by molar-refractivity contribution is 0.416. The van der Waals surface area contributed by atoms with Crippen LogP contribution in [0, 0.1) is 0 Å². The zero-order valence-corrected chi connectivity index (χ0v) is 10.9. The maximum atomic E-state index is 5.39. The highest BCUT2D eigenvalue weighted by molar-refractivity contribution is 5.68. The summed E-state index contributed by atoms with van der Waals surface area (Å²) in [5.74, 6) is 1.43. The Hall–Kier alpha value is -2.10. The Bertz CT molecular complexity index is 540. The predicted molar refractivity (Wildman–Crippen MR) is 72.9 cm³/mol. The molecule has 0 atom stereocenters. The first-order valence-electron chi connectivity index (χ1n) is 5.96. The predicted octanol–water partition coefficient (Wildman–Crippen LogP) is 2.76. The highest BCUT2D eigenvalue weighted by Crippen LogP contribution is 2.30. The van der Waals surface area contributed by atoms with Crippen LogP contribution in [0.2, 0.25) is 0 Å². The Morgan fingerprint density at radius 3 is 2.78 bits per heavy atom. The fourth-order valence-electron chi connectivity index (χ4n) is 1.80. The zero-order chi connectivity index (χ0) is 13.0. The molecule has 0 unspecified atom stereocenters. The summed E-state index contributed by atoms with van der Waals surface area (Å²) in [5, 5.41) is 2.94. The van der Waals surface area contributed by atoms with Gasteiger partial charge in [0.2, 0.25) is 5.95 Å². The minimum atomic E-state index is 0.608. The number of hydrogen-bond donors (Lipinski definition) is 1. The van der Waals surface area contributed by atoms with Crippen molar-refractivity contribution in [3.8, 4) is 17.0 Å². The largest absolute Gasteiger partial charge is 0.496 e. The van der Waals surface area contributed by atoms with Crippen molar-refractivity contribution in [2.45, 2.75) is 13.3 Å². The third-order valence-electron chi connectivity index (χ3n) is 2.83. The van der Waals surface area contributed by atoms with Crippen LogP contribution in [0.4, 0.5) is 5.95 Å². The number of aryl methyl sites for hydroxylation is 1. The van der Waals surface area contributed by atoms with Crippen LogP contribution in [-0.2, 0) is 6.42 Å². The monoisotopic (exact) mass is 243 g/mol. The van der Waals surface area contributed by atoms with E-state index in [0.717, 1.165) is 23.4 Å². The summed E-state index contributed by atoms with van der Waals surface area (Å²) < 4.78 is 5.39. The SMILES string of the molecule is CCc1ccc(OC)c(-c2ccnc(NC)n2)c1. The van der Waals surface area contributed by atoms with Gasteiger partial charge in [-0.05, 0) is 30.2 Å². The molecule has 2 aromatic rings. The number of anilines is 1. The van der Waals surface area contributed by atoms with Crippen LogP contribution in [-0.4, -0.2) is 24.1 Å². The molecule has 0 saturated carbocycles. The van der Waals surface area contributed by atoms with Crippen molar-refractivity contribution in [3.63, 3.8) is 0 Å². The lowest BCUT2D eigenvalue weighted by Crippen LogP contribution is -1.98. The molecule has 4 heteroatoms. The van der Waals surface area contributed by atoms with Crippen molar-refractivity contribution < 1.29 is 4.74 Å². The maximum Gasteiger partial charge on any atom is 0.222 e. The second-order valence-corrected chi connectivity index (χ2v) is 3.90. The fraction of sp³-hybridized carbons (Fsp3) is 0.286. The second kappa shape index (κ2) is 5.49. The average molecular weight is 243 g/mol. The highest BCUT2D eigenvalue weighted by Gasteiger charge is 2.08. The van der Waals surface area contributed by atoms with E-state index in [1.807, 2.05) is 12.1 Å². The van der Waals surface area contributed by atoms with E-state index in [0.29, 0.717) is 5.95 Å². The topological polar surface area (TPSA) is 47.0 Å². The van der Waals surface area contributed by atoms with Crippen LogP contribution in [0.5, 0.6) is 5.75 Å². The van der Waals surface area contributed by atoms with Crippen molar-refractivity contribution in [1.82, 2.24) is 9.97 Å². The normalized spacial score (nSPS) is 10.2. The van der Waals surface area contributed by atoms with Crippen LogP contribution < -0.4 is 10.1 Å². The van der Waals surface area contributed by atoms with Gasteiger partial charge in [0.25, 0.3) is 0 Å². The minimum absolute atomic E-state index is 0.608. The quantitative estimate of drug-likeness (QED) is 0.897. The molecule has 1 heterocycles. The van der Waals surface area contributed by atoms with Crippen molar-refractivity contribution in [2.24, 2.45) is 0 Å². The molecule has 0 amide bonds. The van der Waals surface area contributed by atoms with E-state index in [9.17, 15) is 0 Å². The maximum absolute atomic E-state index is 5.39. The minimum Gasteiger partial charge on any atom is -0.496 e. The van der Waals surface area contributed by atoms with Gasteiger partial charge in [-0.3, -0.25) is 0 Å². The molecule has 94 valence electrons. The summed E-state index contributed by atoms with van der Waals surface area (Å²) in [6.07, 6.45) is 2.73. The fourth-order valence-corrected chi connectivity index (χ4v) is 1.80. The molecule has 0 aliphatic heterocycles. The first-order valence-corrected chi connectivity index (χ1v) is 5.96. The molecule has 0 fully saturated rings. The van der Waals surface area contributed by atoms with Gasteiger partial charge in [-0.25, -0.2) is 9.97 Å². The van der Waals surface area contributed by atoms with Crippen LogP contribution in [0.25, 0.3) is 11.3 Å². The van der Waals surface area contributed by atoms with Gasteiger partial charge in [-0.15, -0.1) is 0 Å². The van der Waals surface area contributed by atoms with Crippen molar-refractivity contribution in [1.29, 1.82) is 0 Å². The molecule has 4 nitrogen and oxygen atoms in total. The van der Waals surface area contributed by atoms with Crippen molar-refractivity contribution in [2.75, 3.05) is 19.5 Å². The summed E-state index contributed by atoms with van der Waals surface area (Å²) >= 11 is 0. The summed E-state index contributed by atoms with van der Waals surface area (Å²) in [6.45, 7) is 2.13. The summed E-state index contributed by atoms with van der Waals surface area (Å²) in [7, 11) is 3.48. The molecule has 1 N–H and O–H groups in total. The molecule has 0 radical (unpaired) electrons. The van der Waals surface area contributed by atoms with E-state index in [-0.39, 0.29) is 0 Å². The van der Waals surface area contributed by atoms with E-state index < -0.39 is 0 Å². The summed E-state index contributed by atoms with van der Waals surface area (Å²) in [5.41, 5.74) is 3.12. The van der Waals surface area contributed by atoms with E-state index in [1.165, 1.54) is 5.56 Å². The van der Waals surface area contributed by atoms with Gasteiger partial charge in [-0.1, -0.05) is 13.0 Å². The Kier molecular flexibility index (Phi) is 3.77. The summed E-state index contributed by atoms with van der Waals surface area (Å²) in [6, 6.07) is 8.05. The average Bonchev–Trinajstić information content (AvgIpc) is 2.46. The van der Waals surface area contributed by atoms with E-state index in [4.69, 9.17) is 4.74 Å². The molecule has 0 spiro atoms. The molecular formula is C14H17N3O. The molecule has 1 aromatic carbocycles. The van der Waals surface area contributed by atoms with Crippen molar-refractivity contribution in [3.05, 3.63) is 36.0 Å². The van der Waals surface area contributed by atoms with Crippen LogP contribution in [0.15, 0.2) is 30.5 Å². The number of aromatic nitrogens is 2. The van der Waals surface area contributed by atoms with E-state index in [1.54, 1.807) is 20.4 Å². The lowest BCUT2D eigenvalue weighted by atomic mass is 10.1. The molecule has 0 aliphatic carbocycles. The lowest BCUT2D eigenvalue weighted by Gasteiger charge is -2.10. The third kappa shape index (κ3) is 2.42. The van der Waals surface area contributed by atoms with Gasteiger partial charge in [0.1, 0.15) is 5.75 Å². The Morgan fingerprint density at radius 1 is 1.28 bits per heavy atom. The standard InChI is InChI=1S/C14H17N3O/c1-4-10-5-6-13(18-3)11(9-10)12-7-8-16-14(15-2)17-12/h5-9H,4H2,1-3H3,(H,15,16,17). The third-order valence-corrected chi connectivity index (χ3v) is 2.83. The van der Waals surface area contributed by atoms with Gasteiger partial charge >= 0.3 is 0 Å². The van der Waals surface area contributed by atoms with Gasteiger partial charge in [0.05, 0.1) is 12.8 Å². The van der Waals surface area contributed by atoms with Crippen LogP contribution in [0.3, 0.4) is 0 Å². The molecule has 1 aromatic heterocycles. The number of nitrogens with zero attached hydrogens (tertiary/aromatic N) is 2. The summed E-state index contributed by atoms with van der Waals surface area (Å²) in [4.78, 5) is 8.56. The van der Waals surface area contributed by atoms with E-state index in [2.05, 4.69) is 34.3 Å². The Morgan fingerprint density at radius 2 is 2.11 bits per heavy atom. The molecule has 2 rings (SSSR count). The first kappa shape index (κ1) is 12.4.